The van der Waals surface area contributed by atoms with Crippen LogP contribution in [-0.4, -0.2) is 39.2 Å². The zero-order chi connectivity index (χ0) is 12.8. The van der Waals surface area contributed by atoms with Gasteiger partial charge in [-0.3, -0.25) is 14.5 Å². The summed E-state index contributed by atoms with van der Waals surface area (Å²) in [4.78, 5) is 24.2. The van der Waals surface area contributed by atoms with Gasteiger partial charge in [0.15, 0.2) is 0 Å². The molecule has 1 aliphatic heterocycles. The number of carbonyl (C=O) groups excluding carboxylic acids is 2. The molecule has 0 atom stereocenters. The molecule has 7 heteroatoms. The minimum absolute atomic E-state index is 0.0322. The highest BCUT2D eigenvalue weighted by Crippen LogP contribution is 2.24. The number of fused-ring (bicyclic) bond motifs is 1. The fraction of sp³-hybridized carbons (Fsp3) is 0.200. The highest BCUT2D eigenvalue weighted by atomic mass is 32.2. The third-order valence-corrected chi connectivity index (χ3v) is 4.05. The van der Waals surface area contributed by atoms with Gasteiger partial charge in [-0.15, -0.1) is 0 Å². The number of nitrogens with zero attached hydrogens (tertiary/aromatic N) is 1. The van der Waals surface area contributed by atoms with Gasteiger partial charge in [0.25, 0.3) is 11.8 Å². The summed E-state index contributed by atoms with van der Waals surface area (Å²) in [7, 11) is -0.973. The van der Waals surface area contributed by atoms with Gasteiger partial charge in [0.1, 0.15) is 0 Å². The average molecular weight is 254 g/mol. The third-order valence-electron chi connectivity index (χ3n) is 2.64. The first-order chi connectivity index (χ1) is 7.88. The maximum absolute atomic E-state index is 11.7. The van der Waals surface area contributed by atoms with Gasteiger partial charge in [0.05, 0.1) is 16.0 Å². The summed E-state index contributed by atoms with van der Waals surface area (Å²) >= 11 is 0. The van der Waals surface area contributed by atoms with E-state index in [2.05, 4.69) is 4.72 Å². The number of benzene rings is 1. The van der Waals surface area contributed by atoms with Gasteiger partial charge in [0.2, 0.25) is 10.0 Å². The van der Waals surface area contributed by atoms with E-state index < -0.39 is 21.8 Å². The predicted octanol–water partition coefficient (Wildman–Crippen LogP) is -0.180. The van der Waals surface area contributed by atoms with Crippen LogP contribution in [0.3, 0.4) is 0 Å². The molecule has 0 bridgehead atoms. The zero-order valence-electron chi connectivity index (χ0n) is 9.22. The van der Waals surface area contributed by atoms with E-state index in [1.165, 1.54) is 32.3 Å². The zero-order valence-corrected chi connectivity index (χ0v) is 10.0. The van der Waals surface area contributed by atoms with Crippen LogP contribution in [0.2, 0.25) is 0 Å². The van der Waals surface area contributed by atoms with Crippen LogP contribution in [0.15, 0.2) is 23.1 Å². The largest absolute Gasteiger partial charge is 0.277 e. The molecule has 0 radical (unpaired) electrons. The van der Waals surface area contributed by atoms with Crippen molar-refractivity contribution in [3.63, 3.8) is 0 Å². The first kappa shape index (κ1) is 11.7. The van der Waals surface area contributed by atoms with E-state index >= 15 is 0 Å². The van der Waals surface area contributed by atoms with E-state index in [1.807, 2.05) is 0 Å². The van der Waals surface area contributed by atoms with Gasteiger partial charge in [-0.2, -0.15) is 0 Å². The molecule has 0 unspecified atom stereocenters. The normalized spacial score (nSPS) is 15.3. The SMILES string of the molecule is CNS(=O)(=O)c1ccc2c(c1)C(=O)N(C)C2=O. The van der Waals surface area contributed by atoms with Crippen molar-refractivity contribution in [2.24, 2.45) is 0 Å². The molecule has 2 rings (SSSR count). The molecule has 1 heterocycles. The average Bonchev–Trinajstić information content (AvgIpc) is 2.54. The van der Waals surface area contributed by atoms with E-state index in [0.717, 1.165) is 4.90 Å². The van der Waals surface area contributed by atoms with E-state index in [-0.39, 0.29) is 16.0 Å². The maximum atomic E-state index is 11.7. The highest BCUT2D eigenvalue weighted by Gasteiger charge is 2.33. The van der Waals surface area contributed by atoms with Crippen molar-refractivity contribution >= 4 is 21.8 Å². The van der Waals surface area contributed by atoms with Gasteiger partial charge >= 0.3 is 0 Å². The van der Waals surface area contributed by atoms with Crippen molar-refractivity contribution in [2.75, 3.05) is 14.1 Å². The van der Waals surface area contributed by atoms with Crippen molar-refractivity contribution < 1.29 is 18.0 Å². The molecule has 0 fully saturated rings. The Morgan fingerprint density at radius 1 is 1.12 bits per heavy atom. The maximum Gasteiger partial charge on any atom is 0.261 e. The van der Waals surface area contributed by atoms with Gasteiger partial charge in [-0.05, 0) is 25.2 Å². The highest BCUT2D eigenvalue weighted by molar-refractivity contribution is 7.89. The molecular weight excluding hydrogens is 244 g/mol. The van der Waals surface area contributed by atoms with Crippen molar-refractivity contribution in [3.05, 3.63) is 29.3 Å². The molecule has 90 valence electrons. The standard InChI is InChI=1S/C10H10N2O4S/c1-11-17(15,16)6-3-4-7-8(5-6)10(14)12(2)9(7)13/h3-5,11H,1-2H3. The van der Waals surface area contributed by atoms with Crippen LogP contribution >= 0.6 is 0 Å². The Bertz CT molecular complexity index is 621. The quantitative estimate of drug-likeness (QED) is 0.742. The lowest BCUT2D eigenvalue weighted by Gasteiger charge is -2.03. The van der Waals surface area contributed by atoms with Crippen LogP contribution in [0.25, 0.3) is 0 Å². The predicted molar refractivity (Wildman–Crippen MR) is 59.1 cm³/mol. The van der Waals surface area contributed by atoms with Gasteiger partial charge in [-0.25, -0.2) is 13.1 Å². The summed E-state index contributed by atoms with van der Waals surface area (Å²) in [6.07, 6.45) is 0. The summed E-state index contributed by atoms with van der Waals surface area (Å²) < 4.78 is 25.2. The number of sulfonamides is 1. The molecule has 17 heavy (non-hydrogen) atoms. The Hall–Kier alpha value is -1.73. The minimum Gasteiger partial charge on any atom is -0.277 e. The van der Waals surface area contributed by atoms with Crippen molar-refractivity contribution in [1.82, 2.24) is 9.62 Å². The smallest absolute Gasteiger partial charge is 0.261 e. The fourth-order valence-electron chi connectivity index (χ4n) is 1.63. The molecule has 1 N–H and O–H groups in total. The summed E-state index contributed by atoms with van der Waals surface area (Å²) in [5.41, 5.74) is 0.348. The fourth-order valence-corrected chi connectivity index (χ4v) is 2.38. The lowest BCUT2D eigenvalue weighted by molar-refractivity contribution is 0.0693. The molecule has 1 aliphatic rings. The number of imide groups is 1. The number of hydrogen-bond donors (Lipinski definition) is 1. The van der Waals surface area contributed by atoms with Crippen LogP contribution in [0.5, 0.6) is 0 Å². The first-order valence-electron chi connectivity index (χ1n) is 4.78. The van der Waals surface area contributed by atoms with Crippen LogP contribution in [0, 0.1) is 0 Å². The lowest BCUT2D eigenvalue weighted by atomic mass is 10.1. The lowest BCUT2D eigenvalue weighted by Crippen LogP contribution is -2.24. The molecule has 0 aromatic heterocycles. The molecule has 1 aromatic carbocycles. The molecule has 1 aromatic rings. The summed E-state index contributed by atoms with van der Waals surface area (Å²) in [5.74, 6) is -0.906. The Labute approximate surface area is 98.3 Å². The van der Waals surface area contributed by atoms with Gasteiger partial charge < -0.3 is 0 Å². The minimum atomic E-state index is -3.61. The summed E-state index contributed by atoms with van der Waals surface area (Å²) in [5, 5.41) is 0. The Kier molecular flexibility index (Phi) is 2.52. The summed E-state index contributed by atoms with van der Waals surface area (Å²) in [6, 6.07) is 3.86. The second kappa shape index (κ2) is 3.64. The first-order valence-corrected chi connectivity index (χ1v) is 6.27. The van der Waals surface area contributed by atoms with Gasteiger partial charge in [0, 0.05) is 7.05 Å². The molecular formula is C10H10N2O4S. The number of amides is 2. The Morgan fingerprint density at radius 3 is 2.29 bits per heavy atom. The number of hydrogen-bond acceptors (Lipinski definition) is 4. The molecule has 0 saturated carbocycles. The van der Waals surface area contributed by atoms with E-state index in [4.69, 9.17) is 0 Å². The molecule has 6 nitrogen and oxygen atoms in total. The second-order valence-electron chi connectivity index (χ2n) is 3.58. The number of nitrogens with one attached hydrogen (secondary N) is 1. The number of rotatable bonds is 2. The second-order valence-corrected chi connectivity index (χ2v) is 5.47. The molecule has 0 aliphatic carbocycles. The number of carbonyl (C=O) groups is 2. The molecule has 2 amide bonds. The van der Waals surface area contributed by atoms with Crippen molar-refractivity contribution in [3.8, 4) is 0 Å². The van der Waals surface area contributed by atoms with E-state index in [9.17, 15) is 18.0 Å². The topological polar surface area (TPSA) is 83.6 Å². The van der Waals surface area contributed by atoms with Crippen molar-refractivity contribution in [2.45, 2.75) is 4.90 Å². The third kappa shape index (κ3) is 1.63. The summed E-state index contributed by atoms with van der Waals surface area (Å²) in [6.45, 7) is 0. The van der Waals surface area contributed by atoms with Gasteiger partial charge in [-0.1, -0.05) is 0 Å². The molecule has 0 saturated heterocycles. The van der Waals surface area contributed by atoms with Crippen LogP contribution < -0.4 is 4.72 Å². The molecule has 0 spiro atoms. The Balaban J connectivity index is 2.62. The van der Waals surface area contributed by atoms with Crippen molar-refractivity contribution in [1.29, 1.82) is 0 Å². The van der Waals surface area contributed by atoms with Crippen LogP contribution in [0.4, 0.5) is 0 Å². The van der Waals surface area contributed by atoms with E-state index in [1.54, 1.807) is 0 Å². The Morgan fingerprint density at radius 2 is 1.71 bits per heavy atom. The monoisotopic (exact) mass is 254 g/mol. The van der Waals surface area contributed by atoms with E-state index in [0.29, 0.717) is 0 Å². The van der Waals surface area contributed by atoms with Crippen LogP contribution in [0.1, 0.15) is 20.7 Å². The van der Waals surface area contributed by atoms with Crippen LogP contribution in [-0.2, 0) is 10.0 Å².